The molecule has 0 aromatic heterocycles. The summed E-state index contributed by atoms with van der Waals surface area (Å²) in [7, 11) is 0. The van der Waals surface area contributed by atoms with Crippen molar-refractivity contribution in [3.8, 4) is 0 Å². The van der Waals surface area contributed by atoms with E-state index in [1.807, 2.05) is 30.0 Å². The van der Waals surface area contributed by atoms with Gasteiger partial charge in [-0.2, -0.15) is 11.8 Å². The van der Waals surface area contributed by atoms with Gasteiger partial charge in [0.25, 0.3) is 0 Å². The highest BCUT2D eigenvalue weighted by molar-refractivity contribution is 7.99. The molecule has 84 valence electrons. The van der Waals surface area contributed by atoms with Gasteiger partial charge in [-0.05, 0) is 12.1 Å². The lowest BCUT2D eigenvalue weighted by Gasteiger charge is -2.41. The fourth-order valence-corrected chi connectivity index (χ4v) is 3.54. The highest BCUT2D eigenvalue weighted by Crippen LogP contribution is 2.40. The summed E-state index contributed by atoms with van der Waals surface area (Å²) in [6, 6.07) is 5.57. The van der Waals surface area contributed by atoms with Gasteiger partial charge in [0.1, 0.15) is 6.04 Å². The van der Waals surface area contributed by atoms with Gasteiger partial charge < -0.3 is 10.2 Å². The Morgan fingerprint density at radius 3 is 3.25 bits per heavy atom. The fraction of sp³-hybridized carbons (Fsp3) is 0.364. The van der Waals surface area contributed by atoms with Crippen molar-refractivity contribution >= 4 is 40.6 Å². The van der Waals surface area contributed by atoms with Gasteiger partial charge in [0.05, 0.1) is 16.4 Å². The first-order valence-electron chi connectivity index (χ1n) is 5.21. The number of para-hydroxylation sites is 1. The van der Waals surface area contributed by atoms with Crippen LogP contribution in [0.25, 0.3) is 0 Å². The van der Waals surface area contributed by atoms with Crippen LogP contribution in [0.15, 0.2) is 18.2 Å². The van der Waals surface area contributed by atoms with Crippen LogP contribution in [0.1, 0.15) is 0 Å². The van der Waals surface area contributed by atoms with E-state index < -0.39 is 0 Å². The number of halogens is 1. The zero-order chi connectivity index (χ0) is 11.1. The molecule has 1 aromatic carbocycles. The van der Waals surface area contributed by atoms with Crippen molar-refractivity contribution in [1.82, 2.24) is 0 Å². The molecule has 0 bridgehead atoms. The van der Waals surface area contributed by atoms with E-state index in [1.54, 1.807) is 0 Å². The molecule has 5 heteroatoms. The first-order valence-corrected chi connectivity index (χ1v) is 6.74. The minimum atomic E-state index is -0.0638. The van der Waals surface area contributed by atoms with E-state index in [9.17, 15) is 4.79 Å². The number of hydrogen-bond acceptors (Lipinski definition) is 3. The quantitative estimate of drug-likeness (QED) is 0.771. The minimum Gasteiger partial charge on any atom is -0.355 e. The summed E-state index contributed by atoms with van der Waals surface area (Å²) < 4.78 is 0. The van der Waals surface area contributed by atoms with Crippen LogP contribution < -0.4 is 10.2 Å². The number of rotatable bonds is 0. The second-order valence-electron chi connectivity index (χ2n) is 3.91. The monoisotopic (exact) mass is 254 g/mol. The van der Waals surface area contributed by atoms with Crippen LogP contribution >= 0.6 is 23.4 Å². The molecule has 2 heterocycles. The number of nitrogens with zero attached hydrogens (tertiary/aromatic N) is 1. The molecule has 1 amide bonds. The third-order valence-electron chi connectivity index (χ3n) is 2.96. The van der Waals surface area contributed by atoms with Gasteiger partial charge in [0.2, 0.25) is 5.91 Å². The van der Waals surface area contributed by atoms with Crippen molar-refractivity contribution in [2.75, 3.05) is 28.3 Å². The van der Waals surface area contributed by atoms with E-state index in [4.69, 9.17) is 11.6 Å². The molecule has 1 unspecified atom stereocenters. The molecule has 1 saturated heterocycles. The van der Waals surface area contributed by atoms with Crippen LogP contribution in [-0.4, -0.2) is 30.0 Å². The van der Waals surface area contributed by atoms with Crippen LogP contribution in [0.4, 0.5) is 11.4 Å². The molecule has 0 radical (unpaired) electrons. The van der Waals surface area contributed by atoms with E-state index >= 15 is 0 Å². The van der Waals surface area contributed by atoms with Crippen molar-refractivity contribution in [2.45, 2.75) is 6.04 Å². The molecular weight excluding hydrogens is 244 g/mol. The number of benzene rings is 1. The summed E-state index contributed by atoms with van der Waals surface area (Å²) in [5.41, 5.74) is 1.81. The Morgan fingerprint density at radius 1 is 1.50 bits per heavy atom. The van der Waals surface area contributed by atoms with Crippen molar-refractivity contribution < 1.29 is 4.79 Å². The topological polar surface area (TPSA) is 32.3 Å². The zero-order valence-electron chi connectivity index (χ0n) is 8.57. The highest BCUT2D eigenvalue weighted by Gasteiger charge is 2.35. The van der Waals surface area contributed by atoms with Crippen molar-refractivity contribution in [2.24, 2.45) is 0 Å². The maximum atomic E-state index is 11.9. The highest BCUT2D eigenvalue weighted by atomic mass is 35.5. The minimum absolute atomic E-state index is 0.0638. The Kier molecular flexibility index (Phi) is 2.48. The lowest BCUT2D eigenvalue weighted by Crippen LogP contribution is -2.52. The van der Waals surface area contributed by atoms with Gasteiger partial charge in [-0.1, -0.05) is 17.7 Å². The van der Waals surface area contributed by atoms with Gasteiger partial charge in [0, 0.05) is 18.1 Å². The molecule has 3 rings (SSSR count). The Balaban J connectivity index is 2.11. The Hall–Kier alpha value is -0.870. The maximum absolute atomic E-state index is 11.9. The molecule has 1 atom stereocenters. The Morgan fingerprint density at radius 2 is 2.38 bits per heavy atom. The smallest absolute Gasteiger partial charge is 0.247 e. The second-order valence-corrected chi connectivity index (χ2v) is 5.47. The van der Waals surface area contributed by atoms with Gasteiger partial charge in [-0.15, -0.1) is 0 Å². The van der Waals surface area contributed by atoms with Gasteiger partial charge >= 0.3 is 0 Å². The summed E-state index contributed by atoms with van der Waals surface area (Å²) in [5, 5.41) is 3.64. The molecule has 1 N–H and O–H groups in total. The lowest BCUT2D eigenvalue weighted by atomic mass is 10.1. The van der Waals surface area contributed by atoms with Crippen LogP contribution in [0.5, 0.6) is 0 Å². The van der Waals surface area contributed by atoms with E-state index in [1.165, 1.54) is 0 Å². The number of carbonyl (C=O) groups is 1. The SMILES string of the molecule is O=C1Nc2cccc(Cl)c2N2CCSCC12. The number of thioether (sulfide) groups is 1. The van der Waals surface area contributed by atoms with Crippen LogP contribution in [0.3, 0.4) is 0 Å². The molecule has 1 aromatic rings. The first kappa shape index (κ1) is 10.3. The first-order chi connectivity index (χ1) is 7.77. The van der Waals surface area contributed by atoms with Crippen molar-refractivity contribution in [1.29, 1.82) is 0 Å². The third-order valence-corrected chi connectivity index (χ3v) is 4.29. The number of amides is 1. The molecule has 2 aliphatic heterocycles. The zero-order valence-corrected chi connectivity index (χ0v) is 10.1. The molecule has 1 fully saturated rings. The molecular formula is C11H11ClN2OS. The van der Waals surface area contributed by atoms with Gasteiger partial charge in [-0.25, -0.2) is 0 Å². The summed E-state index contributed by atoms with van der Waals surface area (Å²) in [6.45, 7) is 0.888. The van der Waals surface area contributed by atoms with E-state index in [0.717, 1.165) is 34.4 Å². The molecule has 16 heavy (non-hydrogen) atoms. The summed E-state index contributed by atoms with van der Waals surface area (Å²) >= 11 is 8.03. The molecule has 0 spiro atoms. The average Bonchev–Trinajstić information content (AvgIpc) is 2.29. The van der Waals surface area contributed by atoms with Crippen LogP contribution in [0.2, 0.25) is 5.02 Å². The van der Waals surface area contributed by atoms with Crippen molar-refractivity contribution in [3.05, 3.63) is 23.2 Å². The summed E-state index contributed by atoms with van der Waals surface area (Å²) in [4.78, 5) is 14.0. The van der Waals surface area contributed by atoms with Crippen LogP contribution in [0, 0.1) is 0 Å². The largest absolute Gasteiger partial charge is 0.355 e. The number of fused-ring (bicyclic) bond motifs is 3. The normalized spacial score (nSPS) is 23.4. The fourth-order valence-electron chi connectivity index (χ4n) is 2.21. The Labute approximate surface area is 103 Å². The number of anilines is 2. The van der Waals surface area contributed by atoms with E-state index in [-0.39, 0.29) is 11.9 Å². The lowest BCUT2D eigenvalue weighted by molar-refractivity contribution is -0.117. The van der Waals surface area contributed by atoms with E-state index in [0.29, 0.717) is 0 Å². The van der Waals surface area contributed by atoms with Gasteiger partial charge in [-0.3, -0.25) is 4.79 Å². The summed E-state index contributed by atoms with van der Waals surface area (Å²) in [5.74, 6) is 1.98. The maximum Gasteiger partial charge on any atom is 0.247 e. The molecule has 2 aliphatic rings. The van der Waals surface area contributed by atoms with Crippen molar-refractivity contribution in [3.63, 3.8) is 0 Å². The predicted octanol–water partition coefficient (Wildman–Crippen LogP) is 2.21. The molecule has 0 aliphatic carbocycles. The van der Waals surface area contributed by atoms with Crippen LogP contribution in [-0.2, 0) is 4.79 Å². The predicted molar refractivity (Wildman–Crippen MR) is 68.5 cm³/mol. The molecule has 0 saturated carbocycles. The third kappa shape index (κ3) is 1.48. The summed E-state index contributed by atoms with van der Waals surface area (Å²) in [6.07, 6.45) is 0. The Bertz CT molecular complexity index is 452. The number of nitrogens with one attached hydrogen (secondary N) is 1. The second kappa shape index (κ2) is 3.86. The van der Waals surface area contributed by atoms with E-state index in [2.05, 4.69) is 10.2 Å². The average molecular weight is 255 g/mol. The molecule has 3 nitrogen and oxygen atoms in total. The standard InChI is InChI=1S/C11H11ClN2OS/c12-7-2-1-3-8-10(7)14-4-5-16-6-9(14)11(15)13-8/h1-3,9H,4-6H2,(H,13,15). The van der Waals surface area contributed by atoms with Gasteiger partial charge in [0.15, 0.2) is 0 Å². The number of carbonyl (C=O) groups excluding carboxylic acids is 1. The number of hydrogen-bond donors (Lipinski definition) is 1.